The van der Waals surface area contributed by atoms with E-state index in [2.05, 4.69) is 20.5 Å². The maximum absolute atomic E-state index is 13.0. The molecule has 0 saturated heterocycles. The molecule has 0 spiro atoms. The van der Waals surface area contributed by atoms with Crippen LogP contribution in [0.3, 0.4) is 0 Å². The number of thiophene rings is 1. The lowest BCUT2D eigenvalue weighted by Gasteiger charge is -2.20. The van der Waals surface area contributed by atoms with Crippen LogP contribution < -0.4 is 0 Å². The van der Waals surface area contributed by atoms with E-state index in [4.69, 9.17) is 4.42 Å². The minimum Gasteiger partial charge on any atom is -0.463 e. The zero-order valence-electron chi connectivity index (χ0n) is 15.3. The van der Waals surface area contributed by atoms with Gasteiger partial charge in [-0.25, -0.2) is 5.01 Å². The Hall–Kier alpha value is -3.59. The van der Waals surface area contributed by atoms with Crippen molar-refractivity contribution in [2.24, 2.45) is 5.10 Å². The van der Waals surface area contributed by atoms with E-state index in [0.29, 0.717) is 18.0 Å². The molecule has 1 aromatic carbocycles. The summed E-state index contributed by atoms with van der Waals surface area (Å²) in [6, 6.07) is 17.0. The van der Waals surface area contributed by atoms with Crippen molar-refractivity contribution < 1.29 is 9.21 Å². The Morgan fingerprint density at radius 2 is 2.03 bits per heavy atom. The van der Waals surface area contributed by atoms with E-state index in [0.717, 1.165) is 16.2 Å². The fourth-order valence-corrected chi connectivity index (χ4v) is 4.05. The molecule has 144 valence electrons. The molecule has 5 rings (SSSR count). The summed E-state index contributed by atoms with van der Waals surface area (Å²) in [4.78, 5) is 15.4. The molecule has 9 heteroatoms. The van der Waals surface area contributed by atoms with Crippen LogP contribution in [-0.2, 0) is 11.3 Å². The van der Waals surface area contributed by atoms with E-state index in [1.165, 1.54) is 9.81 Å². The third-order valence-corrected chi connectivity index (χ3v) is 5.58. The summed E-state index contributed by atoms with van der Waals surface area (Å²) >= 11 is 1.60. The Morgan fingerprint density at radius 1 is 1.14 bits per heavy atom. The van der Waals surface area contributed by atoms with Crippen LogP contribution >= 0.6 is 11.3 Å². The monoisotopic (exact) mass is 404 g/mol. The molecule has 0 saturated carbocycles. The minimum absolute atomic E-state index is 0.0450. The second-order valence-electron chi connectivity index (χ2n) is 6.51. The highest BCUT2D eigenvalue weighted by Gasteiger charge is 2.35. The molecule has 29 heavy (non-hydrogen) atoms. The molecule has 0 N–H and O–H groups in total. The Kier molecular flexibility index (Phi) is 4.49. The SMILES string of the molecule is O=C(Cn1nnc(-c2ccccc2)n1)N1N=C(c2ccco2)C[C@@H]1c1cccs1. The Morgan fingerprint density at radius 3 is 2.79 bits per heavy atom. The maximum atomic E-state index is 13.0. The van der Waals surface area contributed by atoms with Crippen molar-refractivity contribution in [2.45, 2.75) is 19.0 Å². The van der Waals surface area contributed by atoms with E-state index in [9.17, 15) is 4.79 Å². The van der Waals surface area contributed by atoms with Crippen molar-refractivity contribution in [1.29, 1.82) is 0 Å². The van der Waals surface area contributed by atoms with Gasteiger partial charge in [0, 0.05) is 16.9 Å². The lowest BCUT2D eigenvalue weighted by atomic mass is 10.1. The van der Waals surface area contributed by atoms with Gasteiger partial charge in [-0.1, -0.05) is 36.4 Å². The summed E-state index contributed by atoms with van der Waals surface area (Å²) in [6.07, 6.45) is 2.20. The topological polar surface area (TPSA) is 89.4 Å². The highest BCUT2D eigenvalue weighted by Crippen LogP contribution is 2.35. The number of rotatable bonds is 5. The highest BCUT2D eigenvalue weighted by atomic mass is 32.1. The van der Waals surface area contributed by atoms with Gasteiger partial charge in [-0.05, 0) is 28.8 Å². The zero-order chi connectivity index (χ0) is 19.6. The zero-order valence-corrected chi connectivity index (χ0v) is 16.1. The van der Waals surface area contributed by atoms with Gasteiger partial charge in [0.15, 0.2) is 0 Å². The van der Waals surface area contributed by atoms with Crippen LogP contribution in [0.2, 0.25) is 0 Å². The normalized spacial score (nSPS) is 16.2. The van der Waals surface area contributed by atoms with E-state index >= 15 is 0 Å². The van der Waals surface area contributed by atoms with Gasteiger partial charge in [-0.15, -0.1) is 21.5 Å². The van der Waals surface area contributed by atoms with Gasteiger partial charge in [-0.3, -0.25) is 4.79 Å². The summed E-state index contributed by atoms with van der Waals surface area (Å²) in [6.45, 7) is -0.0450. The number of hydrazone groups is 1. The predicted octanol–water partition coefficient (Wildman–Crippen LogP) is 3.37. The molecule has 0 unspecified atom stereocenters. The molecule has 3 aromatic heterocycles. The molecule has 0 bridgehead atoms. The molecule has 4 heterocycles. The first-order chi connectivity index (χ1) is 14.3. The highest BCUT2D eigenvalue weighted by molar-refractivity contribution is 7.10. The number of carbonyl (C=O) groups excluding carboxylic acids is 1. The van der Waals surface area contributed by atoms with Crippen molar-refractivity contribution in [3.05, 3.63) is 76.9 Å². The Bertz CT molecular complexity index is 1140. The first kappa shape index (κ1) is 17.5. The number of aromatic nitrogens is 4. The molecule has 1 aliphatic rings. The largest absolute Gasteiger partial charge is 0.463 e. The Labute approximate surface area is 170 Å². The van der Waals surface area contributed by atoms with E-state index < -0.39 is 0 Å². The third kappa shape index (κ3) is 3.47. The fraction of sp³-hybridized carbons (Fsp3) is 0.150. The van der Waals surface area contributed by atoms with Crippen molar-refractivity contribution in [2.75, 3.05) is 0 Å². The molecule has 4 aromatic rings. The number of carbonyl (C=O) groups is 1. The maximum Gasteiger partial charge on any atom is 0.266 e. The molecule has 1 aliphatic heterocycles. The van der Waals surface area contributed by atoms with Gasteiger partial charge in [0.1, 0.15) is 18.0 Å². The smallest absolute Gasteiger partial charge is 0.266 e. The number of hydrogen-bond acceptors (Lipinski definition) is 7. The molecule has 0 radical (unpaired) electrons. The van der Waals surface area contributed by atoms with Crippen molar-refractivity contribution in [1.82, 2.24) is 25.2 Å². The van der Waals surface area contributed by atoms with Crippen LogP contribution in [0.4, 0.5) is 0 Å². The van der Waals surface area contributed by atoms with Gasteiger partial charge in [0.25, 0.3) is 5.91 Å². The average molecular weight is 404 g/mol. The number of benzene rings is 1. The first-order valence-electron chi connectivity index (χ1n) is 9.08. The Balaban J connectivity index is 1.39. The summed E-state index contributed by atoms with van der Waals surface area (Å²) in [5, 5.41) is 20.5. The summed E-state index contributed by atoms with van der Waals surface area (Å²) in [5.74, 6) is 0.948. The van der Waals surface area contributed by atoms with Crippen LogP contribution in [0.25, 0.3) is 11.4 Å². The van der Waals surface area contributed by atoms with Crippen LogP contribution in [-0.4, -0.2) is 36.8 Å². The minimum atomic E-state index is -0.207. The number of tetrazole rings is 1. The number of nitrogens with zero attached hydrogens (tertiary/aromatic N) is 6. The van der Waals surface area contributed by atoms with Gasteiger partial charge in [-0.2, -0.15) is 9.90 Å². The molecule has 1 amide bonds. The van der Waals surface area contributed by atoms with E-state index in [-0.39, 0.29) is 18.5 Å². The van der Waals surface area contributed by atoms with Gasteiger partial charge >= 0.3 is 0 Å². The second-order valence-corrected chi connectivity index (χ2v) is 7.49. The molecule has 0 fully saturated rings. The standard InChI is InChI=1S/C20H16N6O2S/c27-19(13-25-23-20(21-24-25)14-6-2-1-3-7-14)26-16(18-9-5-11-29-18)12-15(22-26)17-8-4-10-28-17/h1-11,16H,12-13H2/t16-/m1/s1. The van der Waals surface area contributed by atoms with E-state index in [1.54, 1.807) is 17.6 Å². The van der Waals surface area contributed by atoms with Crippen LogP contribution in [0.1, 0.15) is 23.1 Å². The molecule has 1 atom stereocenters. The number of hydrogen-bond donors (Lipinski definition) is 0. The van der Waals surface area contributed by atoms with Crippen LogP contribution in [0.5, 0.6) is 0 Å². The fourth-order valence-electron chi connectivity index (χ4n) is 3.24. The summed E-state index contributed by atoms with van der Waals surface area (Å²) < 4.78 is 5.48. The number of furan rings is 1. The van der Waals surface area contributed by atoms with E-state index in [1.807, 2.05) is 60.0 Å². The van der Waals surface area contributed by atoms with Crippen LogP contribution in [0.15, 0.2) is 75.8 Å². The first-order valence-corrected chi connectivity index (χ1v) is 9.96. The van der Waals surface area contributed by atoms with Gasteiger partial charge in [0.2, 0.25) is 5.82 Å². The third-order valence-electron chi connectivity index (χ3n) is 4.60. The number of amides is 1. The van der Waals surface area contributed by atoms with Gasteiger partial charge < -0.3 is 4.42 Å². The van der Waals surface area contributed by atoms with Crippen LogP contribution in [0, 0.1) is 0 Å². The van der Waals surface area contributed by atoms with Gasteiger partial charge in [0.05, 0.1) is 12.3 Å². The average Bonchev–Trinajstić information content (AvgIpc) is 3.55. The second kappa shape index (κ2) is 7.44. The molecular weight excluding hydrogens is 388 g/mol. The summed E-state index contributed by atoms with van der Waals surface area (Å²) in [5.41, 5.74) is 1.60. The lowest BCUT2D eigenvalue weighted by molar-refractivity contribution is -0.134. The summed E-state index contributed by atoms with van der Waals surface area (Å²) in [7, 11) is 0. The molecule has 0 aliphatic carbocycles. The molecular formula is C20H16N6O2S. The lowest BCUT2D eigenvalue weighted by Crippen LogP contribution is -2.30. The van der Waals surface area contributed by atoms with Crippen molar-refractivity contribution in [3.8, 4) is 11.4 Å². The quantitative estimate of drug-likeness (QED) is 0.509. The van der Waals surface area contributed by atoms with Crippen molar-refractivity contribution >= 4 is 23.0 Å². The van der Waals surface area contributed by atoms with Crippen molar-refractivity contribution in [3.63, 3.8) is 0 Å². The predicted molar refractivity (Wildman–Crippen MR) is 107 cm³/mol. The molecule has 8 nitrogen and oxygen atoms in total.